The highest BCUT2D eigenvalue weighted by Gasteiger charge is 2.09. The van der Waals surface area contributed by atoms with Crippen molar-refractivity contribution in [2.45, 2.75) is 0 Å². The van der Waals surface area contributed by atoms with Gasteiger partial charge in [-0.3, -0.25) is 0 Å². The second kappa shape index (κ2) is 4.08. The lowest BCUT2D eigenvalue weighted by atomic mass is 9.96. The van der Waals surface area contributed by atoms with Crippen molar-refractivity contribution < 1.29 is 5.11 Å². The van der Waals surface area contributed by atoms with Crippen LogP contribution < -0.4 is 5.73 Å². The van der Waals surface area contributed by atoms with E-state index in [1.54, 1.807) is 6.07 Å². The van der Waals surface area contributed by atoms with E-state index >= 15 is 0 Å². The number of phenols is 1. The van der Waals surface area contributed by atoms with Gasteiger partial charge in [-0.2, -0.15) is 0 Å². The van der Waals surface area contributed by atoms with Crippen molar-refractivity contribution in [3.8, 4) is 16.9 Å². The van der Waals surface area contributed by atoms with Gasteiger partial charge in [-0.05, 0) is 23.1 Å². The normalized spacial score (nSPS) is 10.7. The van der Waals surface area contributed by atoms with Gasteiger partial charge in [-0.15, -0.1) is 0 Å². The van der Waals surface area contributed by atoms with Gasteiger partial charge >= 0.3 is 0 Å². The van der Waals surface area contributed by atoms with E-state index < -0.39 is 0 Å². The van der Waals surface area contributed by atoms with E-state index in [0.29, 0.717) is 5.69 Å². The van der Waals surface area contributed by atoms with E-state index in [1.165, 1.54) is 0 Å². The lowest BCUT2D eigenvalue weighted by molar-refractivity contribution is 0.482. The molecular weight excluding hydrogens is 222 g/mol. The molecule has 2 heteroatoms. The molecule has 0 unspecified atom stereocenters. The molecule has 0 aliphatic heterocycles. The zero-order chi connectivity index (χ0) is 12.5. The monoisotopic (exact) mass is 235 g/mol. The Bertz CT molecular complexity index is 714. The molecule has 3 rings (SSSR count). The first kappa shape index (κ1) is 10.7. The maximum absolute atomic E-state index is 10.1. The highest BCUT2D eigenvalue weighted by molar-refractivity contribution is 6.02. The topological polar surface area (TPSA) is 46.2 Å². The summed E-state index contributed by atoms with van der Waals surface area (Å²) in [5, 5.41) is 11.9. The fourth-order valence-corrected chi connectivity index (χ4v) is 2.29. The van der Waals surface area contributed by atoms with Crippen LogP contribution in [0.4, 0.5) is 5.69 Å². The summed E-state index contributed by atoms with van der Waals surface area (Å²) in [5.41, 5.74) is 8.64. The number of nitrogen functional groups attached to an aromatic ring is 1. The largest absolute Gasteiger partial charge is 0.507 e. The molecule has 0 amide bonds. The molecule has 0 saturated heterocycles. The predicted octanol–water partition coefficient (Wildman–Crippen LogP) is 3.79. The minimum atomic E-state index is 0.284. The molecule has 2 nitrogen and oxygen atoms in total. The highest BCUT2D eigenvalue weighted by Crippen LogP contribution is 2.36. The number of rotatable bonds is 1. The molecule has 0 atom stereocenters. The van der Waals surface area contributed by atoms with Crippen molar-refractivity contribution in [1.29, 1.82) is 0 Å². The lowest BCUT2D eigenvalue weighted by Crippen LogP contribution is -1.90. The first-order chi connectivity index (χ1) is 8.77. The molecule has 3 aromatic carbocycles. The second-order valence-corrected chi connectivity index (χ2v) is 4.27. The molecule has 88 valence electrons. The van der Waals surface area contributed by atoms with Gasteiger partial charge in [-0.25, -0.2) is 0 Å². The van der Waals surface area contributed by atoms with Gasteiger partial charge in [0.1, 0.15) is 5.75 Å². The van der Waals surface area contributed by atoms with E-state index in [9.17, 15) is 5.11 Å². The Morgan fingerprint density at radius 3 is 2.17 bits per heavy atom. The van der Waals surface area contributed by atoms with Gasteiger partial charge in [0.2, 0.25) is 0 Å². The fraction of sp³-hybridized carbons (Fsp3) is 0. The number of para-hydroxylation sites is 1. The number of phenolic OH excluding ortho intramolecular Hbond substituents is 1. The van der Waals surface area contributed by atoms with Crippen molar-refractivity contribution in [2.24, 2.45) is 0 Å². The maximum Gasteiger partial charge on any atom is 0.124 e. The second-order valence-electron chi connectivity index (χ2n) is 4.27. The predicted molar refractivity (Wildman–Crippen MR) is 75.5 cm³/mol. The summed E-state index contributed by atoms with van der Waals surface area (Å²) in [7, 11) is 0. The molecule has 0 fully saturated rings. The van der Waals surface area contributed by atoms with Gasteiger partial charge in [0.25, 0.3) is 0 Å². The van der Waals surface area contributed by atoms with Crippen LogP contribution in [0.1, 0.15) is 0 Å². The molecule has 0 heterocycles. The molecule has 0 aliphatic carbocycles. The molecule has 0 bridgehead atoms. The Balaban J connectivity index is 2.40. The van der Waals surface area contributed by atoms with Crippen molar-refractivity contribution in [1.82, 2.24) is 0 Å². The molecule has 3 N–H and O–H groups in total. The summed E-state index contributed by atoms with van der Waals surface area (Å²) in [6.45, 7) is 0. The van der Waals surface area contributed by atoms with Gasteiger partial charge in [0, 0.05) is 16.6 Å². The Morgan fingerprint density at radius 2 is 1.39 bits per heavy atom. The maximum atomic E-state index is 10.1. The summed E-state index contributed by atoms with van der Waals surface area (Å²) in [4.78, 5) is 0. The first-order valence-electron chi connectivity index (χ1n) is 5.83. The number of aromatic hydroxyl groups is 1. The quantitative estimate of drug-likeness (QED) is 0.630. The van der Waals surface area contributed by atoms with Crippen LogP contribution in [0.15, 0.2) is 60.7 Å². The van der Waals surface area contributed by atoms with E-state index in [4.69, 9.17) is 5.73 Å². The SMILES string of the molecule is Nc1ccccc1-c1cccc2cccc(O)c12. The average Bonchev–Trinajstić information content (AvgIpc) is 2.39. The number of benzene rings is 3. The van der Waals surface area contributed by atoms with Crippen LogP contribution in [0.5, 0.6) is 5.75 Å². The number of hydrogen-bond donors (Lipinski definition) is 2. The summed E-state index contributed by atoms with van der Waals surface area (Å²) in [6, 6.07) is 19.2. The van der Waals surface area contributed by atoms with Crippen LogP contribution in [0.25, 0.3) is 21.9 Å². The van der Waals surface area contributed by atoms with Crippen molar-refractivity contribution in [3.63, 3.8) is 0 Å². The number of anilines is 1. The van der Waals surface area contributed by atoms with Crippen molar-refractivity contribution in [2.75, 3.05) is 5.73 Å². The molecule has 0 spiro atoms. The molecule has 3 aromatic rings. The zero-order valence-corrected chi connectivity index (χ0v) is 9.80. The van der Waals surface area contributed by atoms with Crippen molar-refractivity contribution in [3.05, 3.63) is 60.7 Å². The average molecular weight is 235 g/mol. The lowest BCUT2D eigenvalue weighted by Gasteiger charge is -2.10. The summed E-state index contributed by atoms with van der Waals surface area (Å²) >= 11 is 0. The minimum Gasteiger partial charge on any atom is -0.507 e. The van der Waals surface area contributed by atoms with Crippen LogP contribution in [0, 0.1) is 0 Å². The third-order valence-electron chi connectivity index (χ3n) is 3.13. The van der Waals surface area contributed by atoms with Gasteiger partial charge < -0.3 is 10.8 Å². The Labute approximate surface area is 105 Å². The third-order valence-corrected chi connectivity index (χ3v) is 3.13. The third kappa shape index (κ3) is 1.59. The van der Waals surface area contributed by atoms with Crippen molar-refractivity contribution >= 4 is 16.5 Å². The molecule has 18 heavy (non-hydrogen) atoms. The van der Waals surface area contributed by atoms with Gasteiger partial charge in [0.05, 0.1) is 0 Å². The standard InChI is InChI=1S/C16H13NO/c17-14-9-2-1-7-12(14)13-8-3-5-11-6-4-10-15(18)16(11)13/h1-10,18H,17H2. The minimum absolute atomic E-state index is 0.284. The zero-order valence-electron chi connectivity index (χ0n) is 9.80. The Hall–Kier alpha value is -2.48. The van der Waals surface area contributed by atoms with Crippen LogP contribution in [-0.2, 0) is 0 Å². The van der Waals surface area contributed by atoms with E-state index in [1.807, 2.05) is 54.6 Å². The molecule has 0 aliphatic rings. The summed E-state index contributed by atoms with van der Waals surface area (Å²) in [5.74, 6) is 0.284. The number of nitrogens with two attached hydrogens (primary N) is 1. The molecule has 0 radical (unpaired) electrons. The molecular formula is C16H13NO. The van der Waals surface area contributed by atoms with Crippen LogP contribution in [0.2, 0.25) is 0 Å². The first-order valence-corrected chi connectivity index (χ1v) is 5.83. The fourth-order valence-electron chi connectivity index (χ4n) is 2.29. The Kier molecular flexibility index (Phi) is 2.41. The van der Waals surface area contributed by atoms with E-state index in [0.717, 1.165) is 21.9 Å². The highest BCUT2D eigenvalue weighted by atomic mass is 16.3. The van der Waals surface area contributed by atoms with E-state index in [-0.39, 0.29) is 5.75 Å². The number of fused-ring (bicyclic) bond motifs is 1. The number of hydrogen-bond acceptors (Lipinski definition) is 2. The van der Waals surface area contributed by atoms with Crippen LogP contribution in [0.3, 0.4) is 0 Å². The Morgan fingerprint density at radius 1 is 0.722 bits per heavy atom. The van der Waals surface area contributed by atoms with E-state index in [2.05, 4.69) is 0 Å². The molecule has 0 aromatic heterocycles. The molecule has 0 saturated carbocycles. The van der Waals surface area contributed by atoms with Gasteiger partial charge in [0.15, 0.2) is 0 Å². The smallest absolute Gasteiger partial charge is 0.124 e. The van der Waals surface area contributed by atoms with Gasteiger partial charge in [-0.1, -0.05) is 48.5 Å². The summed E-state index contributed by atoms with van der Waals surface area (Å²) in [6.07, 6.45) is 0. The van der Waals surface area contributed by atoms with Crippen LogP contribution >= 0.6 is 0 Å². The summed E-state index contributed by atoms with van der Waals surface area (Å²) < 4.78 is 0. The van der Waals surface area contributed by atoms with Crippen LogP contribution in [-0.4, -0.2) is 5.11 Å².